The molecule has 1 aliphatic heterocycles. The van der Waals surface area contributed by atoms with Crippen molar-refractivity contribution >= 4 is 35.5 Å². The van der Waals surface area contributed by atoms with Crippen molar-refractivity contribution in [1.82, 2.24) is 0 Å². The quantitative estimate of drug-likeness (QED) is 0.249. The van der Waals surface area contributed by atoms with E-state index in [0.29, 0.717) is 10.8 Å². The number of nitro groups is 1. The molecule has 0 spiro atoms. The number of hydrogen-bond acceptors (Lipinski definition) is 7. The molecule has 0 amide bonds. The fourth-order valence-corrected chi connectivity index (χ4v) is 4.49. The molecule has 27 heavy (non-hydrogen) atoms. The van der Waals surface area contributed by atoms with Crippen LogP contribution in [0.3, 0.4) is 0 Å². The summed E-state index contributed by atoms with van der Waals surface area (Å²) in [5.41, 5.74) is 0.0800. The van der Waals surface area contributed by atoms with Crippen molar-refractivity contribution in [3.63, 3.8) is 0 Å². The van der Waals surface area contributed by atoms with Gasteiger partial charge in [-0.15, -0.1) is 11.8 Å². The third kappa shape index (κ3) is 4.68. The number of hydrogen-bond donors (Lipinski definition) is 0. The molecule has 1 saturated carbocycles. The third-order valence-corrected chi connectivity index (χ3v) is 5.90. The summed E-state index contributed by atoms with van der Waals surface area (Å²) >= 11 is 1.63. The van der Waals surface area contributed by atoms with Crippen LogP contribution in [0.2, 0.25) is 0 Å². The number of carbonyl (C=O) groups excluding carboxylic acids is 2. The number of thioether (sulfide) groups is 1. The fraction of sp³-hybridized carbons (Fsp3) is 0.474. The van der Waals surface area contributed by atoms with Crippen molar-refractivity contribution in [3.8, 4) is 0 Å². The topological polar surface area (TPSA) is 95.7 Å². The van der Waals surface area contributed by atoms with Crippen LogP contribution in [0, 0.1) is 10.1 Å². The molecule has 0 unspecified atom stereocenters. The second-order valence-corrected chi connectivity index (χ2v) is 8.44. The van der Waals surface area contributed by atoms with Crippen molar-refractivity contribution in [3.05, 3.63) is 39.4 Å². The lowest BCUT2D eigenvalue weighted by Crippen LogP contribution is -2.41. The molecule has 1 heterocycles. The Morgan fingerprint density at radius 3 is 2.37 bits per heavy atom. The van der Waals surface area contributed by atoms with Crippen LogP contribution in [-0.2, 0) is 19.1 Å². The Morgan fingerprint density at radius 1 is 1.15 bits per heavy atom. The van der Waals surface area contributed by atoms with Crippen molar-refractivity contribution in [2.75, 3.05) is 0 Å². The number of ether oxygens (including phenoxy) is 2. The number of rotatable bonds is 4. The van der Waals surface area contributed by atoms with E-state index in [1.807, 2.05) is 0 Å². The van der Waals surface area contributed by atoms with E-state index < -0.39 is 22.6 Å². The number of benzene rings is 1. The predicted molar refractivity (Wildman–Crippen MR) is 100 cm³/mol. The zero-order valence-electron chi connectivity index (χ0n) is 15.2. The summed E-state index contributed by atoms with van der Waals surface area (Å²) in [4.78, 5) is 35.9. The number of carbonyl (C=O) groups is 2. The Labute approximate surface area is 161 Å². The molecule has 8 heteroatoms. The van der Waals surface area contributed by atoms with Gasteiger partial charge in [-0.05, 0) is 30.5 Å². The number of nitro benzene ring substituents is 1. The largest absolute Gasteiger partial charge is 0.419 e. The zero-order valence-corrected chi connectivity index (χ0v) is 16.0. The van der Waals surface area contributed by atoms with Gasteiger partial charge in [-0.3, -0.25) is 10.1 Å². The molecule has 2 aliphatic rings. The van der Waals surface area contributed by atoms with E-state index in [4.69, 9.17) is 9.47 Å². The van der Waals surface area contributed by atoms with E-state index in [1.165, 1.54) is 38.5 Å². The van der Waals surface area contributed by atoms with Gasteiger partial charge in [0, 0.05) is 36.1 Å². The summed E-state index contributed by atoms with van der Waals surface area (Å²) in [6.07, 6.45) is 7.04. The average molecular weight is 391 g/mol. The van der Waals surface area contributed by atoms with E-state index in [0.717, 1.165) is 30.6 Å². The lowest BCUT2D eigenvalue weighted by molar-refractivity contribution is -0.384. The Balaban J connectivity index is 1.96. The molecule has 7 nitrogen and oxygen atoms in total. The van der Waals surface area contributed by atoms with Crippen LogP contribution >= 0.6 is 11.8 Å². The Morgan fingerprint density at radius 2 is 1.78 bits per heavy atom. The summed E-state index contributed by atoms with van der Waals surface area (Å²) in [5, 5.41) is 11.6. The molecule has 0 atom stereocenters. The maximum atomic E-state index is 12.2. The lowest BCUT2D eigenvalue weighted by atomic mass is 10.0. The molecular formula is C19H21NO6S. The minimum atomic E-state index is -1.33. The summed E-state index contributed by atoms with van der Waals surface area (Å²) in [6.45, 7) is 2.94. The second-order valence-electron chi connectivity index (χ2n) is 7.09. The van der Waals surface area contributed by atoms with Crippen LogP contribution in [0.4, 0.5) is 5.69 Å². The van der Waals surface area contributed by atoms with Gasteiger partial charge in [-0.2, -0.15) is 0 Å². The van der Waals surface area contributed by atoms with Crippen LogP contribution < -0.4 is 0 Å². The molecule has 0 aromatic heterocycles. The van der Waals surface area contributed by atoms with Crippen LogP contribution in [0.1, 0.15) is 51.5 Å². The molecule has 3 rings (SSSR count). The first-order chi connectivity index (χ1) is 12.7. The van der Waals surface area contributed by atoms with Crippen LogP contribution in [0.15, 0.2) is 28.7 Å². The standard InChI is InChI=1S/C19H21NO6S/c1-19(2)25-17(21)15(18(22)26-19)11-12-10-13(20(23)24)8-9-16(12)27-14-6-4-3-5-7-14/h8-11,14H,3-7H2,1-2H3. The van der Waals surface area contributed by atoms with Gasteiger partial charge in [0.1, 0.15) is 5.57 Å². The van der Waals surface area contributed by atoms with Crippen molar-refractivity contribution in [2.24, 2.45) is 0 Å². The van der Waals surface area contributed by atoms with Crippen LogP contribution in [-0.4, -0.2) is 27.9 Å². The van der Waals surface area contributed by atoms with E-state index >= 15 is 0 Å². The van der Waals surface area contributed by atoms with E-state index in [-0.39, 0.29) is 11.3 Å². The summed E-state index contributed by atoms with van der Waals surface area (Å²) in [7, 11) is 0. The van der Waals surface area contributed by atoms with Gasteiger partial charge >= 0.3 is 11.9 Å². The highest BCUT2D eigenvalue weighted by molar-refractivity contribution is 8.00. The molecule has 144 valence electrons. The minimum Gasteiger partial charge on any atom is -0.419 e. The minimum absolute atomic E-state index is 0.104. The molecule has 1 saturated heterocycles. The average Bonchev–Trinajstić information content (AvgIpc) is 2.59. The highest BCUT2D eigenvalue weighted by Gasteiger charge is 2.39. The third-order valence-electron chi connectivity index (χ3n) is 4.47. The number of cyclic esters (lactones) is 2. The molecule has 2 fully saturated rings. The van der Waals surface area contributed by atoms with Gasteiger partial charge in [0.2, 0.25) is 0 Å². The number of non-ortho nitro benzene ring substituents is 1. The Kier molecular flexibility index (Phi) is 5.55. The molecule has 1 aromatic rings. The first kappa shape index (κ1) is 19.4. The monoisotopic (exact) mass is 391 g/mol. The molecule has 1 aliphatic carbocycles. The van der Waals surface area contributed by atoms with Gasteiger partial charge in [-0.1, -0.05) is 19.3 Å². The highest BCUT2D eigenvalue weighted by Crippen LogP contribution is 2.37. The lowest BCUT2D eigenvalue weighted by Gasteiger charge is -2.29. The SMILES string of the molecule is CC1(C)OC(=O)C(=Cc2cc([N+](=O)[O-])ccc2SC2CCCCC2)C(=O)O1. The summed E-state index contributed by atoms with van der Waals surface area (Å²) < 4.78 is 10.2. The maximum absolute atomic E-state index is 12.2. The zero-order chi connectivity index (χ0) is 19.6. The fourth-order valence-electron chi connectivity index (χ4n) is 3.17. The van der Waals surface area contributed by atoms with Gasteiger partial charge in [0.05, 0.1) is 4.92 Å². The predicted octanol–water partition coefficient (Wildman–Crippen LogP) is 4.24. The Bertz CT molecular complexity index is 788. The highest BCUT2D eigenvalue weighted by atomic mass is 32.2. The van der Waals surface area contributed by atoms with Crippen molar-refractivity contribution in [2.45, 2.75) is 61.9 Å². The van der Waals surface area contributed by atoms with E-state index in [1.54, 1.807) is 17.8 Å². The van der Waals surface area contributed by atoms with Crippen LogP contribution in [0.25, 0.3) is 6.08 Å². The molecule has 0 N–H and O–H groups in total. The van der Waals surface area contributed by atoms with Crippen molar-refractivity contribution in [1.29, 1.82) is 0 Å². The summed E-state index contributed by atoms with van der Waals surface area (Å²) in [6, 6.07) is 4.49. The van der Waals surface area contributed by atoms with E-state index in [2.05, 4.69) is 0 Å². The number of esters is 2. The first-order valence-corrected chi connectivity index (χ1v) is 9.76. The smallest absolute Gasteiger partial charge is 0.348 e. The number of nitrogens with zero attached hydrogens (tertiary/aromatic N) is 1. The van der Waals surface area contributed by atoms with Gasteiger partial charge in [0.25, 0.3) is 11.5 Å². The second kappa shape index (κ2) is 7.72. The first-order valence-electron chi connectivity index (χ1n) is 8.89. The summed E-state index contributed by atoms with van der Waals surface area (Å²) in [5.74, 6) is -2.92. The van der Waals surface area contributed by atoms with E-state index in [9.17, 15) is 19.7 Å². The van der Waals surface area contributed by atoms with Gasteiger partial charge in [0.15, 0.2) is 0 Å². The maximum Gasteiger partial charge on any atom is 0.348 e. The molecule has 0 bridgehead atoms. The Hall–Kier alpha value is -2.35. The van der Waals surface area contributed by atoms with Gasteiger partial charge in [-0.25, -0.2) is 9.59 Å². The molecule has 1 aromatic carbocycles. The molecular weight excluding hydrogens is 370 g/mol. The normalized spacial score (nSPS) is 20.0. The van der Waals surface area contributed by atoms with Gasteiger partial charge < -0.3 is 9.47 Å². The van der Waals surface area contributed by atoms with Crippen LogP contribution in [0.5, 0.6) is 0 Å². The molecule has 0 radical (unpaired) electrons. The van der Waals surface area contributed by atoms with Crippen molar-refractivity contribution < 1.29 is 24.0 Å².